The van der Waals surface area contributed by atoms with E-state index in [1.54, 1.807) is 11.3 Å². The third-order valence-electron chi connectivity index (χ3n) is 3.38. The lowest BCUT2D eigenvalue weighted by Crippen LogP contribution is -2.49. The molecule has 2 rings (SSSR count). The molecule has 0 amide bonds. The van der Waals surface area contributed by atoms with Crippen LogP contribution in [0.1, 0.15) is 37.0 Å². The molecule has 0 unspecified atom stereocenters. The second-order valence-corrected chi connectivity index (χ2v) is 7.11. The molecule has 0 saturated heterocycles. The van der Waals surface area contributed by atoms with E-state index < -0.39 is 0 Å². The number of halogens is 1. The van der Waals surface area contributed by atoms with Gasteiger partial charge in [-0.3, -0.25) is 0 Å². The van der Waals surface area contributed by atoms with Crippen molar-refractivity contribution >= 4 is 27.3 Å². The Balaban J connectivity index is 1.91. The fourth-order valence-electron chi connectivity index (χ4n) is 2.34. The van der Waals surface area contributed by atoms with Crippen LogP contribution in [0.5, 0.6) is 0 Å². The monoisotopic (exact) mass is 303 g/mol. The van der Waals surface area contributed by atoms with Crippen molar-refractivity contribution in [3.05, 3.63) is 20.8 Å². The molecule has 1 heterocycles. The highest BCUT2D eigenvalue weighted by molar-refractivity contribution is 9.11. The van der Waals surface area contributed by atoms with Gasteiger partial charge in [0.25, 0.3) is 0 Å². The Kier molecular flexibility index (Phi) is 4.41. The first-order chi connectivity index (χ1) is 7.74. The molecule has 1 fully saturated rings. The molecule has 0 spiro atoms. The van der Waals surface area contributed by atoms with Crippen LogP contribution in [0.15, 0.2) is 15.9 Å². The van der Waals surface area contributed by atoms with Crippen LogP contribution in [-0.4, -0.2) is 17.3 Å². The number of nitrogens with one attached hydrogen (secondary N) is 1. The number of thiophene rings is 1. The number of hydrogen-bond donors (Lipinski definition) is 2. The Labute approximate surface area is 109 Å². The second kappa shape index (κ2) is 5.63. The summed E-state index contributed by atoms with van der Waals surface area (Å²) in [6, 6.07) is 4.21. The van der Waals surface area contributed by atoms with Crippen LogP contribution in [0, 0.1) is 0 Å². The van der Waals surface area contributed by atoms with Gasteiger partial charge in [0.15, 0.2) is 0 Å². The third-order valence-corrected chi connectivity index (χ3v) is 5.00. The molecule has 16 heavy (non-hydrogen) atoms. The molecular weight excluding hydrogens is 286 g/mol. The topological polar surface area (TPSA) is 32.3 Å². The summed E-state index contributed by atoms with van der Waals surface area (Å²) in [6.45, 7) is 1.14. The maximum absolute atomic E-state index is 9.56. The van der Waals surface area contributed by atoms with E-state index in [4.69, 9.17) is 0 Å². The summed E-state index contributed by atoms with van der Waals surface area (Å²) < 4.78 is 1.17. The highest BCUT2D eigenvalue weighted by Gasteiger charge is 2.30. The molecule has 0 atom stereocenters. The van der Waals surface area contributed by atoms with Gasteiger partial charge >= 0.3 is 0 Å². The lowest BCUT2D eigenvalue weighted by molar-refractivity contribution is 0.120. The van der Waals surface area contributed by atoms with Crippen LogP contribution in [0.3, 0.4) is 0 Å². The van der Waals surface area contributed by atoms with Gasteiger partial charge in [0.1, 0.15) is 0 Å². The van der Waals surface area contributed by atoms with E-state index in [-0.39, 0.29) is 12.1 Å². The number of rotatable bonds is 4. The fourth-order valence-corrected chi connectivity index (χ4v) is 3.76. The van der Waals surface area contributed by atoms with Gasteiger partial charge in [-0.05, 0) is 40.9 Å². The van der Waals surface area contributed by atoms with Gasteiger partial charge in [-0.15, -0.1) is 11.3 Å². The molecule has 0 radical (unpaired) electrons. The van der Waals surface area contributed by atoms with Crippen LogP contribution >= 0.6 is 27.3 Å². The van der Waals surface area contributed by atoms with Crippen molar-refractivity contribution in [1.29, 1.82) is 0 Å². The SMILES string of the molecule is OCC1(NCc2ccc(Br)s2)CCCCC1. The molecule has 0 aliphatic heterocycles. The molecule has 1 aromatic rings. The fraction of sp³-hybridized carbons (Fsp3) is 0.667. The van der Waals surface area contributed by atoms with Crippen molar-refractivity contribution in [2.24, 2.45) is 0 Å². The Morgan fingerprint density at radius 1 is 1.31 bits per heavy atom. The highest BCUT2D eigenvalue weighted by atomic mass is 79.9. The number of aliphatic hydroxyl groups is 1. The first kappa shape index (κ1) is 12.6. The molecular formula is C12H18BrNOS. The van der Waals surface area contributed by atoms with E-state index in [9.17, 15) is 5.11 Å². The third kappa shape index (κ3) is 3.06. The molecule has 0 bridgehead atoms. The minimum atomic E-state index is -0.0191. The van der Waals surface area contributed by atoms with Crippen molar-refractivity contribution in [1.82, 2.24) is 5.32 Å². The maximum atomic E-state index is 9.56. The second-order valence-electron chi connectivity index (χ2n) is 4.56. The maximum Gasteiger partial charge on any atom is 0.0701 e. The lowest BCUT2D eigenvalue weighted by atomic mass is 9.82. The predicted molar refractivity (Wildman–Crippen MR) is 71.8 cm³/mol. The molecule has 0 aromatic carbocycles. The summed E-state index contributed by atoms with van der Waals surface area (Å²) in [6.07, 6.45) is 6.00. The van der Waals surface area contributed by atoms with Crippen LogP contribution in [0.25, 0.3) is 0 Å². The molecule has 4 heteroatoms. The quantitative estimate of drug-likeness (QED) is 0.894. The number of aliphatic hydroxyl groups excluding tert-OH is 1. The van der Waals surface area contributed by atoms with E-state index in [1.807, 2.05) is 0 Å². The summed E-state index contributed by atoms with van der Waals surface area (Å²) in [5.74, 6) is 0. The predicted octanol–water partition coefficient (Wildman–Crippen LogP) is 3.30. The molecule has 1 aliphatic rings. The van der Waals surface area contributed by atoms with Gasteiger partial charge in [-0.25, -0.2) is 0 Å². The van der Waals surface area contributed by atoms with Gasteiger partial charge in [0.05, 0.1) is 10.4 Å². The zero-order chi connectivity index (χ0) is 11.4. The van der Waals surface area contributed by atoms with Gasteiger partial charge < -0.3 is 10.4 Å². The molecule has 1 aliphatic carbocycles. The minimum absolute atomic E-state index is 0.0191. The summed E-state index contributed by atoms with van der Waals surface area (Å²) in [5, 5.41) is 13.1. The van der Waals surface area contributed by atoms with Crippen molar-refractivity contribution in [2.45, 2.75) is 44.2 Å². The summed E-state index contributed by atoms with van der Waals surface area (Å²) in [5.41, 5.74) is -0.0191. The first-order valence-corrected chi connectivity index (χ1v) is 7.45. The van der Waals surface area contributed by atoms with Crippen LogP contribution in [-0.2, 0) is 6.54 Å². The van der Waals surface area contributed by atoms with Crippen LogP contribution < -0.4 is 5.32 Å². The van der Waals surface area contributed by atoms with Crippen LogP contribution in [0.2, 0.25) is 0 Å². The average Bonchev–Trinajstić information content (AvgIpc) is 2.74. The van der Waals surface area contributed by atoms with Crippen molar-refractivity contribution in [3.63, 3.8) is 0 Å². The highest BCUT2D eigenvalue weighted by Crippen LogP contribution is 2.29. The van der Waals surface area contributed by atoms with E-state index in [0.717, 1.165) is 19.4 Å². The Morgan fingerprint density at radius 2 is 2.06 bits per heavy atom. The van der Waals surface area contributed by atoms with Gasteiger partial charge in [-0.2, -0.15) is 0 Å². The van der Waals surface area contributed by atoms with E-state index in [0.29, 0.717) is 0 Å². The summed E-state index contributed by atoms with van der Waals surface area (Å²) in [4.78, 5) is 1.32. The Bertz CT molecular complexity index is 334. The largest absolute Gasteiger partial charge is 0.394 e. The van der Waals surface area contributed by atoms with Gasteiger partial charge in [0.2, 0.25) is 0 Å². The molecule has 1 saturated carbocycles. The zero-order valence-electron chi connectivity index (χ0n) is 9.34. The minimum Gasteiger partial charge on any atom is -0.394 e. The first-order valence-electron chi connectivity index (χ1n) is 5.84. The standard InChI is InChI=1S/C12H18BrNOS/c13-11-5-4-10(16-11)8-14-12(9-15)6-2-1-3-7-12/h4-5,14-15H,1-3,6-9H2. The zero-order valence-corrected chi connectivity index (χ0v) is 11.7. The van der Waals surface area contributed by atoms with Crippen molar-refractivity contribution in [3.8, 4) is 0 Å². The average molecular weight is 304 g/mol. The summed E-state index contributed by atoms with van der Waals surface area (Å²) >= 11 is 5.23. The Morgan fingerprint density at radius 3 is 2.62 bits per heavy atom. The van der Waals surface area contributed by atoms with Crippen LogP contribution in [0.4, 0.5) is 0 Å². The molecule has 90 valence electrons. The van der Waals surface area contributed by atoms with Crippen molar-refractivity contribution < 1.29 is 5.11 Å². The lowest BCUT2D eigenvalue weighted by Gasteiger charge is -2.36. The Hall–Kier alpha value is 0.1000. The molecule has 2 N–H and O–H groups in total. The van der Waals surface area contributed by atoms with Crippen molar-refractivity contribution in [2.75, 3.05) is 6.61 Å². The van der Waals surface area contributed by atoms with Gasteiger partial charge in [0, 0.05) is 17.0 Å². The molecule has 1 aromatic heterocycles. The van der Waals surface area contributed by atoms with E-state index in [1.165, 1.54) is 27.9 Å². The summed E-state index contributed by atoms with van der Waals surface area (Å²) in [7, 11) is 0. The van der Waals surface area contributed by atoms with E-state index in [2.05, 4.69) is 33.4 Å². The smallest absolute Gasteiger partial charge is 0.0701 e. The van der Waals surface area contributed by atoms with Gasteiger partial charge in [-0.1, -0.05) is 19.3 Å². The normalized spacial score (nSPS) is 19.9. The molecule has 2 nitrogen and oxygen atoms in total. The number of hydrogen-bond acceptors (Lipinski definition) is 3. The van der Waals surface area contributed by atoms with E-state index >= 15 is 0 Å².